The number of anilines is 1. The van der Waals surface area contributed by atoms with Gasteiger partial charge in [-0.1, -0.05) is 43.7 Å². The molecule has 0 radical (unpaired) electrons. The fourth-order valence-corrected chi connectivity index (χ4v) is 3.82. The van der Waals surface area contributed by atoms with Crippen LogP contribution in [0.1, 0.15) is 25.8 Å². The Morgan fingerprint density at radius 2 is 2.11 bits per heavy atom. The van der Waals surface area contributed by atoms with Gasteiger partial charge in [-0.2, -0.15) is 0 Å². The third-order valence-electron chi connectivity index (χ3n) is 3.70. The molecule has 0 amide bonds. The number of hydrogen-bond donors (Lipinski definition) is 1. The minimum atomic E-state index is 0.449. The zero-order valence-corrected chi connectivity index (χ0v) is 11.8. The summed E-state index contributed by atoms with van der Waals surface area (Å²) in [7, 11) is 0. The van der Waals surface area contributed by atoms with Gasteiger partial charge in [-0.05, 0) is 30.5 Å². The summed E-state index contributed by atoms with van der Waals surface area (Å²) in [4.78, 5) is 1.40. The molecule has 1 aromatic rings. The summed E-state index contributed by atoms with van der Waals surface area (Å²) in [6, 6.07) is 7.24. The molecular formula is C16H19NS. The number of benzene rings is 1. The van der Waals surface area contributed by atoms with Gasteiger partial charge in [-0.3, -0.25) is 0 Å². The van der Waals surface area contributed by atoms with E-state index >= 15 is 0 Å². The summed E-state index contributed by atoms with van der Waals surface area (Å²) in [5.74, 6) is 0. The summed E-state index contributed by atoms with van der Waals surface area (Å²) in [5, 5.41) is 4.19. The maximum absolute atomic E-state index is 3.64. The van der Waals surface area contributed by atoms with Crippen molar-refractivity contribution in [2.45, 2.75) is 42.9 Å². The Hall–Kier alpha value is -1.15. The van der Waals surface area contributed by atoms with E-state index in [1.54, 1.807) is 0 Å². The van der Waals surface area contributed by atoms with Crippen molar-refractivity contribution in [1.29, 1.82) is 0 Å². The van der Waals surface area contributed by atoms with Crippen LogP contribution in [-0.4, -0.2) is 11.3 Å². The Labute approximate surface area is 113 Å². The van der Waals surface area contributed by atoms with Crippen LogP contribution in [0.15, 0.2) is 46.9 Å². The number of hydrogen-bond acceptors (Lipinski definition) is 2. The molecule has 0 saturated heterocycles. The highest BCUT2D eigenvalue weighted by Crippen LogP contribution is 2.41. The fraction of sp³-hybridized carbons (Fsp3) is 0.375. The maximum atomic E-state index is 3.64. The number of nitrogens with one attached hydrogen (secondary N) is 1. The second-order valence-electron chi connectivity index (χ2n) is 4.89. The van der Waals surface area contributed by atoms with Gasteiger partial charge in [0.05, 0.1) is 11.3 Å². The third kappa shape index (κ3) is 2.10. The molecule has 0 bridgehead atoms. The van der Waals surface area contributed by atoms with Crippen LogP contribution in [0.4, 0.5) is 5.69 Å². The lowest BCUT2D eigenvalue weighted by atomic mass is 10.00. The SMILES string of the molecule is CCC1=C[C@@H]2Sc3cc(CC)ccc3N[C@@H]2C=C1. The smallest absolute Gasteiger partial charge is 0.0605 e. The second-order valence-corrected chi connectivity index (χ2v) is 6.11. The third-order valence-corrected chi connectivity index (χ3v) is 4.99. The van der Waals surface area contributed by atoms with Crippen molar-refractivity contribution in [3.63, 3.8) is 0 Å². The van der Waals surface area contributed by atoms with Gasteiger partial charge in [0.15, 0.2) is 0 Å². The molecule has 94 valence electrons. The first-order valence-corrected chi connectivity index (χ1v) is 7.63. The van der Waals surface area contributed by atoms with Crippen LogP contribution in [0, 0.1) is 0 Å². The van der Waals surface area contributed by atoms with Gasteiger partial charge in [0.25, 0.3) is 0 Å². The normalized spacial score (nSPS) is 24.9. The zero-order chi connectivity index (χ0) is 12.5. The topological polar surface area (TPSA) is 12.0 Å². The van der Waals surface area contributed by atoms with Crippen LogP contribution in [0.3, 0.4) is 0 Å². The first-order valence-electron chi connectivity index (χ1n) is 6.75. The van der Waals surface area contributed by atoms with Crippen LogP contribution in [0.2, 0.25) is 0 Å². The van der Waals surface area contributed by atoms with Crippen LogP contribution in [-0.2, 0) is 6.42 Å². The Kier molecular flexibility index (Phi) is 3.21. The highest BCUT2D eigenvalue weighted by molar-refractivity contribution is 8.00. The maximum Gasteiger partial charge on any atom is 0.0605 e. The monoisotopic (exact) mass is 257 g/mol. The lowest BCUT2D eigenvalue weighted by Crippen LogP contribution is -2.33. The van der Waals surface area contributed by atoms with E-state index in [1.165, 1.54) is 21.7 Å². The fourth-order valence-electron chi connectivity index (χ4n) is 2.51. The molecule has 18 heavy (non-hydrogen) atoms. The molecule has 1 aromatic carbocycles. The van der Waals surface area contributed by atoms with Crippen molar-refractivity contribution < 1.29 is 0 Å². The molecule has 1 heterocycles. The van der Waals surface area contributed by atoms with Crippen molar-refractivity contribution >= 4 is 17.4 Å². The van der Waals surface area contributed by atoms with Crippen molar-refractivity contribution in [1.82, 2.24) is 0 Å². The summed E-state index contributed by atoms with van der Waals surface area (Å²) in [6.45, 7) is 4.43. The van der Waals surface area contributed by atoms with Gasteiger partial charge in [-0.25, -0.2) is 0 Å². The van der Waals surface area contributed by atoms with E-state index in [2.05, 4.69) is 55.6 Å². The van der Waals surface area contributed by atoms with Gasteiger partial charge in [0.2, 0.25) is 0 Å². The summed E-state index contributed by atoms with van der Waals surface area (Å²) >= 11 is 2.00. The highest BCUT2D eigenvalue weighted by Gasteiger charge is 2.27. The van der Waals surface area contributed by atoms with E-state index < -0.39 is 0 Å². The predicted molar refractivity (Wildman–Crippen MR) is 80.4 cm³/mol. The first kappa shape index (κ1) is 11.9. The summed E-state index contributed by atoms with van der Waals surface area (Å²) < 4.78 is 0. The van der Waals surface area contributed by atoms with Gasteiger partial charge in [0, 0.05) is 10.6 Å². The average molecular weight is 257 g/mol. The Bertz CT molecular complexity index is 516. The number of rotatable bonds is 2. The molecule has 3 rings (SSSR count). The predicted octanol–water partition coefficient (Wildman–Crippen LogP) is 4.41. The lowest BCUT2D eigenvalue weighted by Gasteiger charge is -2.33. The van der Waals surface area contributed by atoms with Crippen LogP contribution in [0.5, 0.6) is 0 Å². The molecule has 2 atom stereocenters. The lowest BCUT2D eigenvalue weighted by molar-refractivity contribution is 0.860. The standard InChI is InChI=1S/C16H19NS/c1-3-11-5-7-13-15(9-11)18-16-10-12(4-2)6-8-14(16)17-13/h5-10,13,15,17H,3-4H2,1-2H3/t13-,15+/m1/s1. The molecule has 1 aliphatic carbocycles. The minimum Gasteiger partial charge on any atom is -0.376 e. The number of thioether (sulfide) groups is 1. The Morgan fingerprint density at radius 1 is 1.22 bits per heavy atom. The molecule has 0 fully saturated rings. The first-order chi connectivity index (χ1) is 8.80. The van der Waals surface area contributed by atoms with E-state index in [-0.39, 0.29) is 0 Å². The highest BCUT2D eigenvalue weighted by atomic mass is 32.2. The minimum absolute atomic E-state index is 0.449. The molecule has 0 aromatic heterocycles. The summed E-state index contributed by atoms with van der Waals surface area (Å²) in [6.07, 6.45) is 9.23. The second kappa shape index (κ2) is 4.85. The van der Waals surface area contributed by atoms with E-state index in [9.17, 15) is 0 Å². The number of fused-ring (bicyclic) bond motifs is 2. The Morgan fingerprint density at radius 3 is 2.89 bits per heavy atom. The van der Waals surface area contributed by atoms with Crippen molar-refractivity contribution in [3.8, 4) is 0 Å². The molecule has 1 aliphatic heterocycles. The van der Waals surface area contributed by atoms with Gasteiger partial charge in [-0.15, -0.1) is 11.8 Å². The van der Waals surface area contributed by atoms with Crippen LogP contribution < -0.4 is 5.32 Å². The van der Waals surface area contributed by atoms with Gasteiger partial charge < -0.3 is 5.32 Å². The van der Waals surface area contributed by atoms with Gasteiger partial charge >= 0.3 is 0 Å². The number of aryl methyl sites for hydroxylation is 1. The number of allylic oxidation sites excluding steroid dienone is 2. The summed E-state index contributed by atoms with van der Waals surface area (Å²) in [5.41, 5.74) is 4.17. The van der Waals surface area contributed by atoms with E-state index in [0.717, 1.165) is 12.8 Å². The molecule has 2 heteroatoms. The molecular weight excluding hydrogens is 238 g/mol. The van der Waals surface area contributed by atoms with E-state index in [1.807, 2.05) is 11.8 Å². The zero-order valence-electron chi connectivity index (χ0n) is 10.9. The molecule has 2 aliphatic rings. The molecule has 0 spiro atoms. The van der Waals surface area contributed by atoms with Crippen LogP contribution in [0.25, 0.3) is 0 Å². The average Bonchev–Trinajstić information content (AvgIpc) is 2.43. The quantitative estimate of drug-likeness (QED) is 0.842. The van der Waals surface area contributed by atoms with E-state index in [0.29, 0.717) is 11.3 Å². The molecule has 0 unspecified atom stereocenters. The van der Waals surface area contributed by atoms with Gasteiger partial charge in [0.1, 0.15) is 0 Å². The van der Waals surface area contributed by atoms with Crippen molar-refractivity contribution in [2.24, 2.45) is 0 Å². The molecule has 0 saturated carbocycles. The largest absolute Gasteiger partial charge is 0.376 e. The van der Waals surface area contributed by atoms with Crippen LogP contribution >= 0.6 is 11.8 Å². The van der Waals surface area contributed by atoms with Crippen molar-refractivity contribution in [3.05, 3.63) is 47.6 Å². The molecule has 1 nitrogen and oxygen atoms in total. The van der Waals surface area contributed by atoms with E-state index in [4.69, 9.17) is 0 Å². The van der Waals surface area contributed by atoms with Crippen molar-refractivity contribution in [2.75, 3.05) is 5.32 Å². The Balaban J connectivity index is 1.91. The molecule has 1 N–H and O–H groups in total.